The molecule has 0 fully saturated rings. The minimum absolute atomic E-state index is 0.0188. The Morgan fingerprint density at radius 3 is 2.06 bits per heavy atom. The molecule has 0 saturated heterocycles. The Bertz CT molecular complexity index is 1270. The average molecular weight is 461 g/mol. The monoisotopic (exact) mass is 460 g/mol. The van der Waals surface area contributed by atoms with Gasteiger partial charge in [0.2, 0.25) is 11.8 Å². The van der Waals surface area contributed by atoms with E-state index in [-0.39, 0.29) is 5.88 Å². The largest absolute Gasteiger partial charge is 0.443 e. The summed E-state index contributed by atoms with van der Waals surface area (Å²) in [6, 6.07) is 22.2. The quantitative estimate of drug-likeness (QED) is 0.329. The molecule has 0 saturated carbocycles. The number of aryl methyl sites for hydroxylation is 1. The summed E-state index contributed by atoms with van der Waals surface area (Å²) >= 11 is 1.30. The second-order valence-electron chi connectivity index (χ2n) is 8.44. The Balaban J connectivity index is 1.90. The number of hydrogen-bond donors (Lipinski definition) is 0. The summed E-state index contributed by atoms with van der Waals surface area (Å²) in [5.41, 5.74) is 1.00. The van der Waals surface area contributed by atoms with Crippen LogP contribution in [-0.4, -0.2) is 22.6 Å². The Morgan fingerprint density at radius 2 is 1.52 bits per heavy atom. The number of anilines is 1. The first kappa shape index (κ1) is 22.5. The fraction of sp³-hybridized carbons (Fsp3) is 0.192. The van der Waals surface area contributed by atoms with Crippen molar-refractivity contribution >= 4 is 29.2 Å². The van der Waals surface area contributed by atoms with E-state index in [1.54, 1.807) is 26.8 Å². The summed E-state index contributed by atoms with van der Waals surface area (Å²) in [5, 5.41) is 0. The molecule has 0 aliphatic carbocycles. The minimum atomic E-state index is -0.827. The second kappa shape index (κ2) is 9.03. The molecule has 2 aromatic heterocycles. The van der Waals surface area contributed by atoms with Gasteiger partial charge in [0, 0.05) is 16.0 Å². The molecule has 2 aromatic carbocycles. The molecule has 2 heterocycles. The molecule has 0 aliphatic rings. The van der Waals surface area contributed by atoms with E-state index in [0.717, 1.165) is 15.3 Å². The zero-order valence-corrected chi connectivity index (χ0v) is 19.7. The molecule has 0 atom stereocenters. The highest BCUT2D eigenvalue weighted by atomic mass is 32.1. The van der Waals surface area contributed by atoms with Crippen LogP contribution >= 0.6 is 11.3 Å². The summed E-state index contributed by atoms with van der Waals surface area (Å²) in [6.07, 6.45) is -0.827. The van der Waals surface area contributed by atoms with Gasteiger partial charge in [0.05, 0.1) is 4.88 Å². The maximum Gasteiger partial charge on any atom is 0.424 e. The number of imide groups is 1. The van der Waals surface area contributed by atoms with E-state index < -0.39 is 17.6 Å². The topological polar surface area (TPSA) is 72.6 Å². The van der Waals surface area contributed by atoms with Gasteiger partial charge in [-0.3, -0.25) is 4.79 Å². The van der Waals surface area contributed by atoms with E-state index >= 15 is 0 Å². The standard InChI is InChI=1S/C26H24N2O4S/c1-17-15-16-20(33-17)23(29)28(25(30)32-26(2,3)4)24-21(18-11-7-5-8-12-18)27-22(31-24)19-13-9-6-10-14-19/h5-16H,1-4H3. The maximum absolute atomic E-state index is 13.6. The predicted octanol–water partition coefficient (Wildman–Crippen LogP) is 6.96. The number of benzene rings is 2. The highest BCUT2D eigenvalue weighted by molar-refractivity contribution is 7.14. The lowest BCUT2D eigenvalue weighted by Gasteiger charge is -2.24. The summed E-state index contributed by atoms with van der Waals surface area (Å²) in [4.78, 5) is 33.8. The van der Waals surface area contributed by atoms with Gasteiger partial charge >= 0.3 is 6.09 Å². The van der Waals surface area contributed by atoms with E-state index in [0.29, 0.717) is 22.0 Å². The van der Waals surface area contributed by atoms with E-state index in [4.69, 9.17) is 9.15 Å². The van der Waals surface area contributed by atoms with Gasteiger partial charge in [0.25, 0.3) is 5.91 Å². The predicted molar refractivity (Wildman–Crippen MR) is 129 cm³/mol. The van der Waals surface area contributed by atoms with Crippen LogP contribution in [0.15, 0.2) is 77.2 Å². The fourth-order valence-electron chi connectivity index (χ4n) is 3.18. The highest BCUT2D eigenvalue weighted by Gasteiger charge is 2.36. The molecular weight excluding hydrogens is 436 g/mol. The molecule has 0 radical (unpaired) electrons. The number of thiophene rings is 1. The SMILES string of the molecule is Cc1ccc(C(=O)N(C(=O)OC(C)(C)C)c2oc(-c3ccccc3)nc2-c2ccccc2)s1. The average Bonchev–Trinajstić information content (AvgIpc) is 3.41. The van der Waals surface area contributed by atoms with Gasteiger partial charge in [-0.15, -0.1) is 11.3 Å². The number of aromatic nitrogens is 1. The van der Waals surface area contributed by atoms with Crippen LogP contribution in [0.5, 0.6) is 0 Å². The van der Waals surface area contributed by atoms with Crippen LogP contribution in [-0.2, 0) is 4.74 Å². The molecule has 0 aliphatic heterocycles. The summed E-state index contributed by atoms with van der Waals surface area (Å²) in [7, 11) is 0. The molecule has 33 heavy (non-hydrogen) atoms. The molecule has 168 valence electrons. The number of hydrogen-bond acceptors (Lipinski definition) is 6. The van der Waals surface area contributed by atoms with E-state index in [1.165, 1.54) is 11.3 Å². The van der Waals surface area contributed by atoms with Crippen molar-refractivity contribution in [1.29, 1.82) is 0 Å². The lowest BCUT2D eigenvalue weighted by atomic mass is 10.1. The smallest absolute Gasteiger partial charge is 0.424 e. The van der Waals surface area contributed by atoms with Crippen molar-refractivity contribution in [2.75, 3.05) is 4.90 Å². The molecule has 7 heteroatoms. The van der Waals surface area contributed by atoms with Crippen LogP contribution in [0.1, 0.15) is 35.3 Å². The Labute approximate surface area is 196 Å². The molecule has 0 N–H and O–H groups in total. The van der Waals surface area contributed by atoms with Crippen LogP contribution in [0.3, 0.4) is 0 Å². The van der Waals surface area contributed by atoms with E-state index in [2.05, 4.69) is 4.98 Å². The molecule has 4 aromatic rings. The first-order valence-electron chi connectivity index (χ1n) is 10.5. The first-order valence-corrected chi connectivity index (χ1v) is 11.3. The van der Waals surface area contributed by atoms with Gasteiger partial charge < -0.3 is 9.15 Å². The summed E-state index contributed by atoms with van der Waals surface area (Å²) in [5.74, 6) is -0.214. The highest BCUT2D eigenvalue weighted by Crippen LogP contribution is 2.37. The van der Waals surface area contributed by atoms with Crippen molar-refractivity contribution < 1.29 is 18.7 Å². The lowest BCUT2D eigenvalue weighted by molar-refractivity contribution is 0.0559. The molecule has 2 amide bonds. The van der Waals surface area contributed by atoms with Crippen molar-refractivity contribution in [2.45, 2.75) is 33.3 Å². The van der Waals surface area contributed by atoms with Gasteiger partial charge in [-0.25, -0.2) is 9.78 Å². The van der Waals surface area contributed by atoms with Crippen molar-refractivity contribution in [1.82, 2.24) is 4.98 Å². The van der Waals surface area contributed by atoms with Crippen molar-refractivity contribution in [2.24, 2.45) is 0 Å². The number of ether oxygens (including phenoxy) is 1. The lowest BCUT2D eigenvalue weighted by Crippen LogP contribution is -2.41. The molecule has 0 unspecified atom stereocenters. The molecule has 0 spiro atoms. The number of nitrogens with zero attached hydrogens (tertiary/aromatic N) is 2. The van der Waals surface area contributed by atoms with Gasteiger partial charge in [0.15, 0.2) is 0 Å². The van der Waals surface area contributed by atoms with Crippen LogP contribution in [0, 0.1) is 6.92 Å². The third-order valence-electron chi connectivity index (χ3n) is 4.61. The number of amides is 2. The normalized spacial score (nSPS) is 11.3. The number of rotatable bonds is 4. The molecule has 0 bridgehead atoms. The molecular formula is C26H24N2O4S. The third kappa shape index (κ3) is 5.04. The van der Waals surface area contributed by atoms with Crippen molar-refractivity contribution in [3.63, 3.8) is 0 Å². The van der Waals surface area contributed by atoms with Gasteiger partial charge in [0.1, 0.15) is 11.3 Å². The van der Waals surface area contributed by atoms with E-state index in [9.17, 15) is 9.59 Å². The van der Waals surface area contributed by atoms with Crippen LogP contribution < -0.4 is 4.90 Å². The van der Waals surface area contributed by atoms with Crippen LogP contribution in [0.4, 0.5) is 10.7 Å². The minimum Gasteiger partial charge on any atom is -0.443 e. The van der Waals surface area contributed by atoms with Gasteiger partial charge in [-0.05, 0) is 52.0 Å². The Hall–Kier alpha value is -3.71. The number of carbonyl (C=O) groups is 2. The van der Waals surface area contributed by atoms with Crippen molar-refractivity contribution in [3.8, 4) is 22.7 Å². The van der Waals surface area contributed by atoms with E-state index in [1.807, 2.05) is 73.7 Å². The Morgan fingerprint density at radius 1 is 0.909 bits per heavy atom. The molecule has 6 nitrogen and oxygen atoms in total. The number of oxazole rings is 1. The second-order valence-corrected chi connectivity index (χ2v) is 9.72. The number of carbonyl (C=O) groups excluding carboxylic acids is 2. The van der Waals surface area contributed by atoms with Crippen molar-refractivity contribution in [3.05, 3.63) is 82.6 Å². The third-order valence-corrected chi connectivity index (χ3v) is 5.60. The van der Waals surface area contributed by atoms with Gasteiger partial charge in [-0.1, -0.05) is 48.5 Å². The fourth-order valence-corrected chi connectivity index (χ4v) is 3.97. The Kier molecular flexibility index (Phi) is 6.16. The summed E-state index contributed by atoms with van der Waals surface area (Å²) < 4.78 is 11.7. The molecule has 4 rings (SSSR count). The summed E-state index contributed by atoms with van der Waals surface area (Å²) in [6.45, 7) is 7.14. The van der Waals surface area contributed by atoms with Gasteiger partial charge in [-0.2, -0.15) is 4.90 Å². The van der Waals surface area contributed by atoms with Crippen LogP contribution in [0.25, 0.3) is 22.7 Å². The first-order chi connectivity index (χ1) is 15.7. The maximum atomic E-state index is 13.6. The zero-order valence-electron chi connectivity index (χ0n) is 18.9. The van der Waals surface area contributed by atoms with Crippen LogP contribution in [0.2, 0.25) is 0 Å². The zero-order chi connectivity index (χ0) is 23.6.